The fourth-order valence-electron chi connectivity index (χ4n) is 6.10. The molecule has 9 heteroatoms. The number of carbonyl (C=O) groups is 1. The van der Waals surface area contributed by atoms with E-state index in [0.29, 0.717) is 22.7 Å². The third-order valence-corrected chi connectivity index (χ3v) is 8.70. The Bertz CT molecular complexity index is 1300. The average Bonchev–Trinajstić information content (AvgIpc) is 3.64. The number of nitrogens with zero attached hydrogens (tertiary/aromatic N) is 4. The van der Waals surface area contributed by atoms with Crippen LogP contribution in [0, 0.1) is 5.92 Å². The molecule has 220 valence electrons. The maximum atomic E-state index is 11.5. The average molecular weight is 581 g/mol. The zero-order valence-corrected chi connectivity index (χ0v) is 24.9. The molecule has 1 N–H and O–H groups in total. The number of piperidine rings is 1. The van der Waals surface area contributed by atoms with Crippen LogP contribution in [-0.4, -0.2) is 69.5 Å². The Labute approximate surface area is 247 Å². The number of benzene rings is 2. The first-order valence-electron chi connectivity index (χ1n) is 14.9. The van der Waals surface area contributed by atoms with E-state index in [1.54, 1.807) is 0 Å². The van der Waals surface area contributed by atoms with Gasteiger partial charge in [-0.05, 0) is 80.9 Å². The zero-order chi connectivity index (χ0) is 28.8. The van der Waals surface area contributed by atoms with Gasteiger partial charge in [0, 0.05) is 48.6 Å². The number of rotatable bonds is 11. The summed E-state index contributed by atoms with van der Waals surface area (Å²) in [6.45, 7) is 10.1. The normalized spacial score (nSPS) is 17.8. The van der Waals surface area contributed by atoms with Crippen molar-refractivity contribution in [3.05, 3.63) is 58.6 Å². The Hall–Kier alpha value is -2.94. The van der Waals surface area contributed by atoms with Crippen LogP contribution in [0.15, 0.2) is 47.0 Å². The summed E-state index contributed by atoms with van der Waals surface area (Å²) in [7, 11) is 0. The number of hydrogen-bond acceptors (Lipinski definition) is 7. The van der Waals surface area contributed by atoms with E-state index in [-0.39, 0.29) is 0 Å². The summed E-state index contributed by atoms with van der Waals surface area (Å²) >= 11 is 6.50. The lowest BCUT2D eigenvalue weighted by atomic mass is 9.86. The lowest BCUT2D eigenvalue weighted by molar-refractivity contribution is -0.0639. The Morgan fingerprint density at radius 1 is 1.05 bits per heavy atom. The molecular weight excluding hydrogens is 540 g/mol. The van der Waals surface area contributed by atoms with Gasteiger partial charge in [0.05, 0.1) is 0 Å². The highest BCUT2D eigenvalue weighted by Gasteiger charge is 2.38. The molecule has 0 spiro atoms. The molecule has 0 aliphatic carbocycles. The summed E-state index contributed by atoms with van der Waals surface area (Å²) in [5.41, 5.74) is 3.43. The van der Waals surface area contributed by atoms with Crippen molar-refractivity contribution in [1.29, 1.82) is 0 Å². The fourth-order valence-corrected chi connectivity index (χ4v) is 6.36. The van der Waals surface area contributed by atoms with E-state index >= 15 is 0 Å². The van der Waals surface area contributed by atoms with E-state index in [2.05, 4.69) is 45.9 Å². The van der Waals surface area contributed by atoms with E-state index in [1.807, 2.05) is 30.3 Å². The van der Waals surface area contributed by atoms with Gasteiger partial charge in [0.25, 0.3) is 5.89 Å². The van der Waals surface area contributed by atoms with Crippen LogP contribution in [0.5, 0.6) is 0 Å². The molecule has 3 heterocycles. The summed E-state index contributed by atoms with van der Waals surface area (Å²) in [6.07, 6.45) is 5.52. The third-order valence-electron chi connectivity index (χ3n) is 8.35. The topological polar surface area (TPSA) is 91.9 Å². The molecule has 0 radical (unpaired) electrons. The highest BCUT2D eigenvalue weighted by Crippen LogP contribution is 2.33. The third kappa shape index (κ3) is 7.87. The lowest BCUT2D eigenvalue weighted by Gasteiger charge is -2.40. The van der Waals surface area contributed by atoms with Crippen molar-refractivity contribution < 1.29 is 19.2 Å². The maximum absolute atomic E-state index is 11.5. The van der Waals surface area contributed by atoms with E-state index in [9.17, 15) is 9.90 Å². The second kappa shape index (κ2) is 13.4. The standard InChI is InChI=1S/C32H41ClN4O4/c1-23(2)20-26-10-11-27(21-28(26)33)30-34-29(35-41-30)25-8-6-24(7-9-25)22-37-18-13-32(14-19-37,40-31(38)39)12-5-17-36-15-3-4-16-36/h6-11,21,23H,3-5,12-20,22H2,1-2H3,(H,38,39). The summed E-state index contributed by atoms with van der Waals surface area (Å²) < 4.78 is 11.1. The SMILES string of the molecule is CC(C)Cc1ccc(-c2nc(-c3ccc(CN4CCC(CCCN5CCCC5)(OC(=O)O)CC4)cc3)no2)cc1Cl. The highest BCUT2D eigenvalue weighted by atomic mass is 35.5. The van der Waals surface area contributed by atoms with Gasteiger partial charge >= 0.3 is 6.16 Å². The van der Waals surface area contributed by atoms with E-state index in [0.717, 1.165) is 88.1 Å². The van der Waals surface area contributed by atoms with Crippen LogP contribution in [0.25, 0.3) is 22.8 Å². The number of carboxylic acid groups (broad SMARTS) is 1. The fraction of sp³-hybridized carbons (Fsp3) is 0.531. The van der Waals surface area contributed by atoms with Crippen molar-refractivity contribution >= 4 is 17.8 Å². The van der Waals surface area contributed by atoms with Crippen LogP contribution in [0.1, 0.15) is 63.5 Å². The molecule has 2 saturated heterocycles. The summed E-state index contributed by atoms with van der Waals surface area (Å²) in [5, 5.41) is 14.3. The monoisotopic (exact) mass is 580 g/mol. The Kier molecular flexibility index (Phi) is 9.63. The van der Waals surface area contributed by atoms with Crippen LogP contribution >= 0.6 is 11.6 Å². The second-order valence-electron chi connectivity index (χ2n) is 12.0. The molecule has 5 rings (SSSR count). The van der Waals surface area contributed by atoms with Crippen molar-refractivity contribution in [1.82, 2.24) is 19.9 Å². The van der Waals surface area contributed by atoms with Crippen molar-refractivity contribution in [2.45, 2.75) is 70.9 Å². The summed E-state index contributed by atoms with van der Waals surface area (Å²) in [4.78, 5) is 20.9. The van der Waals surface area contributed by atoms with Gasteiger partial charge in [-0.1, -0.05) is 60.9 Å². The van der Waals surface area contributed by atoms with Crippen LogP contribution in [0.2, 0.25) is 5.02 Å². The predicted octanol–water partition coefficient (Wildman–Crippen LogP) is 7.16. The molecule has 2 aliphatic rings. The van der Waals surface area contributed by atoms with E-state index in [1.165, 1.54) is 18.4 Å². The first-order chi connectivity index (χ1) is 19.8. The molecule has 1 aromatic heterocycles. The Balaban J connectivity index is 1.15. The number of likely N-dealkylation sites (tertiary alicyclic amines) is 2. The quantitative estimate of drug-likeness (QED) is 0.239. The van der Waals surface area contributed by atoms with Crippen molar-refractivity contribution in [3.63, 3.8) is 0 Å². The first-order valence-corrected chi connectivity index (χ1v) is 15.2. The summed E-state index contributed by atoms with van der Waals surface area (Å²) in [5.74, 6) is 1.51. The molecule has 2 aliphatic heterocycles. The highest BCUT2D eigenvalue weighted by molar-refractivity contribution is 6.31. The Morgan fingerprint density at radius 2 is 1.76 bits per heavy atom. The molecule has 0 amide bonds. The molecule has 0 unspecified atom stereocenters. The van der Waals surface area contributed by atoms with Gasteiger partial charge in [-0.15, -0.1) is 0 Å². The van der Waals surface area contributed by atoms with Gasteiger partial charge < -0.3 is 19.3 Å². The molecule has 0 bridgehead atoms. The van der Waals surface area contributed by atoms with Crippen LogP contribution in [0.4, 0.5) is 4.79 Å². The van der Waals surface area contributed by atoms with Gasteiger partial charge in [-0.25, -0.2) is 4.79 Å². The molecule has 0 saturated carbocycles. The van der Waals surface area contributed by atoms with Crippen molar-refractivity contribution in [3.8, 4) is 22.8 Å². The minimum Gasteiger partial charge on any atom is -0.450 e. The number of halogens is 1. The van der Waals surface area contributed by atoms with Crippen LogP contribution in [0.3, 0.4) is 0 Å². The first kappa shape index (κ1) is 29.5. The van der Waals surface area contributed by atoms with Crippen LogP contribution < -0.4 is 0 Å². The largest absolute Gasteiger partial charge is 0.506 e. The maximum Gasteiger partial charge on any atom is 0.506 e. The van der Waals surface area contributed by atoms with Gasteiger partial charge in [0.1, 0.15) is 5.60 Å². The number of aromatic nitrogens is 2. The minimum absolute atomic E-state index is 0.447. The van der Waals surface area contributed by atoms with Gasteiger partial charge in [-0.3, -0.25) is 4.90 Å². The minimum atomic E-state index is -1.16. The smallest absolute Gasteiger partial charge is 0.450 e. The van der Waals surface area contributed by atoms with E-state index in [4.69, 9.17) is 20.9 Å². The molecule has 2 fully saturated rings. The molecule has 8 nitrogen and oxygen atoms in total. The van der Waals surface area contributed by atoms with E-state index < -0.39 is 11.8 Å². The lowest BCUT2D eigenvalue weighted by Crippen LogP contribution is -2.47. The molecule has 2 aromatic carbocycles. The second-order valence-corrected chi connectivity index (χ2v) is 12.4. The molecule has 0 atom stereocenters. The van der Waals surface area contributed by atoms with Gasteiger partial charge in [-0.2, -0.15) is 4.98 Å². The predicted molar refractivity (Wildman–Crippen MR) is 160 cm³/mol. The van der Waals surface area contributed by atoms with Crippen molar-refractivity contribution in [2.75, 3.05) is 32.7 Å². The van der Waals surface area contributed by atoms with Crippen LogP contribution in [-0.2, 0) is 17.7 Å². The molecule has 41 heavy (non-hydrogen) atoms. The molecular formula is C32H41ClN4O4. The number of ether oxygens (including phenoxy) is 1. The number of hydrogen-bond donors (Lipinski definition) is 1. The van der Waals surface area contributed by atoms with Gasteiger partial charge in [0.2, 0.25) is 5.82 Å². The van der Waals surface area contributed by atoms with Gasteiger partial charge in [0.15, 0.2) is 0 Å². The zero-order valence-electron chi connectivity index (χ0n) is 24.1. The van der Waals surface area contributed by atoms with Crippen molar-refractivity contribution in [2.24, 2.45) is 5.92 Å². The summed E-state index contributed by atoms with van der Waals surface area (Å²) in [6, 6.07) is 14.1. The Morgan fingerprint density at radius 3 is 2.41 bits per heavy atom. The molecule has 3 aromatic rings.